The molecule has 156 valence electrons. The van der Waals surface area contributed by atoms with Crippen molar-refractivity contribution in [1.29, 1.82) is 0 Å². The third-order valence-corrected chi connectivity index (χ3v) is 6.15. The average molecular weight is 422 g/mol. The molecule has 1 fully saturated rings. The number of hydrogen-bond acceptors (Lipinski definition) is 6. The molecule has 1 aromatic carbocycles. The van der Waals surface area contributed by atoms with Crippen LogP contribution in [0.15, 0.2) is 54.2 Å². The van der Waals surface area contributed by atoms with E-state index in [2.05, 4.69) is 42.6 Å². The van der Waals surface area contributed by atoms with Crippen LogP contribution in [-0.4, -0.2) is 51.9 Å². The maximum absolute atomic E-state index is 12.3. The van der Waals surface area contributed by atoms with Crippen LogP contribution in [0, 0.1) is 6.92 Å². The summed E-state index contributed by atoms with van der Waals surface area (Å²) >= 11 is 1.57. The van der Waals surface area contributed by atoms with Crippen molar-refractivity contribution in [1.82, 2.24) is 19.8 Å². The molecule has 0 saturated carbocycles. The molecule has 0 unspecified atom stereocenters. The monoisotopic (exact) mass is 421 g/mol. The third kappa shape index (κ3) is 5.95. The van der Waals surface area contributed by atoms with Crippen LogP contribution < -0.4 is 5.32 Å². The zero-order valence-corrected chi connectivity index (χ0v) is 18.1. The Morgan fingerprint density at radius 1 is 1.00 bits per heavy atom. The van der Waals surface area contributed by atoms with Crippen LogP contribution >= 0.6 is 11.3 Å². The van der Waals surface area contributed by atoms with E-state index in [-0.39, 0.29) is 5.91 Å². The topological polar surface area (TPSA) is 61.4 Å². The number of rotatable bonds is 7. The van der Waals surface area contributed by atoms with Crippen LogP contribution in [0.3, 0.4) is 0 Å². The van der Waals surface area contributed by atoms with Gasteiger partial charge in [0, 0.05) is 62.7 Å². The van der Waals surface area contributed by atoms with Gasteiger partial charge in [-0.1, -0.05) is 17.7 Å². The summed E-state index contributed by atoms with van der Waals surface area (Å²) in [6.45, 7) is 8.03. The van der Waals surface area contributed by atoms with Gasteiger partial charge in [-0.25, -0.2) is 4.98 Å². The Bertz CT molecular complexity index is 949. The maximum atomic E-state index is 12.3. The molecule has 3 heterocycles. The van der Waals surface area contributed by atoms with Gasteiger partial charge >= 0.3 is 0 Å². The third-order valence-electron chi connectivity index (χ3n) is 5.25. The summed E-state index contributed by atoms with van der Waals surface area (Å²) in [7, 11) is 0. The van der Waals surface area contributed by atoms with Gasteiger partial charge in [0.2, 0.25) is 5.91 Å². The zero-order chi connectivity index (χ0) is 20.8. The number of aryl methyl sites for hydroxylation is 1. The summed E-state index contributed by atoms with van der Waals surface area (Å²) in [5, 5.41) is 5.89. The summed E-state index contributed by atoms with van der Waals surface area (Å²) in [6.07, 6.45) is 4.02. The second-order valence-electron chi connectivity index (χ2n) is 7.73. The molecule has 0 radical (unpaired) electrons. The largest absolute Gasteiger partial charge is 0.326 e. The Morgan fingerprint density at radius 2 is 1.67 bits per heavy atom. The summed E-state index contributed by atoms with van der Waals surface area (Å²) in [6, 6.07) is 12.0. The van der Waals surface area contributed by atoms with Crippen LogP contribution in [0.5, 0.6) is 0 Å². The lowest BCUT2D eigenvalue weighted by atomic mass is 10.2. The van der Waals surface area contributed by atoms with E-state index in [1.165, 1.54) is 11.1 Å². The predicted octanol–water partition coefficient (Wildman–Crippen LogP) is 3.35. The number of thiazole rings is 1. The van der Waals surface area contributed by atoms with E-state index in [0.717, 1.165) is 55.7 Å². The number of nitrogens with zero attached hydrogens (tertiary/aromatic N) is 4. The minimum Gasteiger partial charge on any atom is -0.326 e. The first-order chi connectivity index (χ1) is 14.6. The molecule has 2 aromatic heterocycles. The van der Waals surface area contributed by atoms with Gasteiger partial charge in [0.25, 0.3) is 0 Å². The molecule has 6 nitrogen and oxygen atoms in total. The molecule has 0 atom stereocenters. The number of anilines is 1. The van der Waals surface area contributed by atoms with Gasteiger partial charge < -0.3 is 5.32 Å². The fourth-order valence-electron chi connectivity index (χ4n) is 3.56. The van der Waals surface area contributed by atoms with Crippen LogP contribution in [0.2, 0.25) is 0 Å². The minimum absolute atomic E-state index is 0.0236. The minimum atomic E-state index is -0.0236. The molecule has 1 aliphatic heterocycles. The smallest absolute Gasteiger partial charge is 0.231 e. The quantitative estimate of drug-likeness (QED) is 0.634. The number of aromatic nitrogens is 2. The van der Waals surface area contributed by atoms with Crippen molar-refractivity contribution in [2.45, 2.75) is 26.4 Å². The van der Waals surface area contributed by atoms with Gasteiger partial charge in [-0.3, -0.25) is 19.6 Å². The van der Waals surface area contributed by atoms with Gasteiger partial charge in [-0.2, -0.15) is 0 Å². The number of pyridine rings is 1. The van der Waals surface area contributed by atoms with Crippen molar-refractivity contribution < 1.29 is 4.79 Å². The first-order valence-corrected chi connectivity index (χ1v) is 11.2. The molecular weight excluding hydrogens is 394 g/mol. The Kier molecular flexibility index (Phi) is 6.84. The van der Waals surface area contributed by atoms with E-state index in [4.69, 9.17) is 0 Å². The molecule has 3 aromatic rings. The highest BCUT2D eigenvalue weighted by molar-refractivity contribution is 7.09. The lowest BCUT2D eigenvalue weighted by Crippen LogP contribution is -2.45. The van der Waals surface area contributed by atoms with E-state index in [1.54, 1.807) is 11.3 Å². The Hall–Kier alpha value is -2.61. The van der Waals surface area contributed by atoms with E-state index >= 15 is 0 Å². The van der Waals surface area contributed by atoms with Crippen molar-refractivity contribution in [3.05, 3.63) is 76.0 Å². The molecule has 1 amide bonds. The van der Waals surface area contributed by atoms with Crippen molar-refractivity contribution in [3.8, 4) is 0 Å². The first kappa shape index (κ1) is 20.7. The second kappa shape index (κ2) is 9.93. The maximum Gasteiger partial charge on any atom is 0.231 e. The van der Waals surface area contributed by atoms with Gasteiger partial charge in [-0.15, -0.1) is 11.3 Å². The summed E-state index contributed by atoms with van der Waals surface area (Å²) < 4.78 is 0. The molecule has 1 aliphatic rings. The molecule has 4 rings (SSSR count). The molecule has 0 aliphatic carbocycles. The van der Waals surface area contributed by atoms with Crippen molar-refractivity contribution >= 4 is 22.9 Å². The number of carbonyl (C=O) groups is 1. The molecule has 1 N–H and O–H groups in total. The van der Waals surface area contributed by atoms with E-state index < -0.39 is 0 Å². The van der Waals surface area contributed by atoms with Gasteiger partial charge in [0.05, 0.1) is 12.1 Å². The predicted molar refractivity (Wildman–Crippen MR) is 120 cm³/mol. The highest BCUT2D eigenvalue weighted by Crippen LogP contribution is 2.16. The first-order valence-electron chi connectivity index (χ1n) is 10.3. The lowest BCUT2D eigenvalue weighted by molar-refractivity contribution is -0.115. The number of nitrogens with one attached hydrogen (secondary N) is 1. The van der Waals surface area contributed by atoms with E-state index in [1.807, 2.05) is 43.6 Å². The molecule has 0 spiro atoms. The Balaban J connectivity index is 1.22. The van der Waals surface area contributed by atoms with Crippen LogP contribution in [0.1, 0.15) is 21.8 Å². The van der Waals surface area contributed by atoms with Gasteiger partial charge in [0.1, 0.15) is 5.01 Å². The SMILES string of the molecule is Cc1ccc(NC(=O)Cc2nc(CN3CCN(Cc4ccncc4)CC3)cs2)cc1. The Morgan fingerprint density at radius 3 is 2.37 bits per heavy atom. The van der Waals surface area contributed by atoms with Crippen molar-refractivity contribution in [2.75, 3.05) is 31.5 Å². The average Bonchev–Trinajstić information content (AvgIpc) is 3.18. The molecular formula is C23H27N5OS. The highest BCUT2D eigenvalue weighted by atomic mass is 32.1. The molecule has 30 heavy (non-hydrogen) atoms. The number of amides is 1. The van der Waals surface area contributed by atoms with Crippen LogP contribution in [0.4, 0.5) is 5.69 Å². The number of benzene rings is 1. The number of hydrogen-bond donors (Lipinski definition) is 1. The highest BCUT2D eigenvalue weighted by Gasteiger charge is 2.18. The molecule has 0 bridgehead atoms. The summed E-state index contributed by atoms with van der Waals surface area (Å²) in [5.74, 6) is -0.0236. The van der Waals surface area contributed by atoms with E-state index in [0.29, 0.717) is 6.42 Å². The van der Waals surface area contributed by atoms with Crippen molar-refractivity contribution in [3.63, 3.8) is 0 Å². The van der Waals surface area contributed by atoms with Gasteiger partial charge in [-0.05, 0) is 36.8 Å². The standard InChI is InChI=1S/C23H27N5OS/c1-18-2-4-20(5-3-18)25-22(29)14-23-26-21(17-30-23)16-28-12-10-27(11-13-28)15-19-6-8-24-9-7-19/h2-9,17H,10-16H2,1H3,(H,25,29). The summed E-state index contributed by atoms with van der Waals surface area (Å²) in [4.78, 5) is 26.0. The van der Waals surface area contributed by atoms with Crippen LogP contribution in [0.25, 0.3) is 0 Å². The van der Waals surface area contributed by atoms with Gasteiger partial charge in [0.15, 0.2) is 0 Å². The van der Waals surface area contributed by atoms with Crippen LogP contribution in [-0.2, 0) is 24.3 Å². The normalized spacial score (nSPS) is 15.2. The summed E-state index contributed by atoms with van der Waals surface area (Å²) in [5.41, 5.74) is 4.37. The zero-order valence-electron chi connectivity index (χ0n) is 17.3. The van der Waals surface area contributed by atoms with E-state index in [9.17, 15) is 4.79 Å². The molecule has 1 saturated heterocycles. The lowest BCUT2D eigenvalue weighted by Gasteiger charge is -2.34. The molecule has 7 heteroatoms. The number of carbonyl (C=O) groups excluding carboxylic acids is 1. The Labute approximate surface area is 181 Å². The number of piperazine rings is 1. The second-order valence-corrected chi connectivity index (χ2v) is 8.67. The fourth-order valence-corrected chi connectivity index (χ4v) is 4.35. The fraction of sp³-hybridized carbons (Fsp3) is 0.348. The van der Waals surface area contributed by atoms with Crippen molar-refractivity contribution in [2.24, 2.45) is 0 Å².